The molecule has 4 aromatic rings. The van der Waals surface area contributed by atoms with Gasteiger partial charge in [-0.1, -0.05) is 48.5 Å². The molecule has 4 nitrogen and oxygen atoms in total. The van der Waals surface area contributed by atoms with Gasteiger partial charge in [0, 0.05) is 0 Å². The lowest BCUT2D eigenvalue weighted by atomic mass is 9.91. The summed E-state index contributed by atoms with van der Waals surface area (Å²) in [7, 11) is 0. The Hall–Kier alpha value is -2.79. The molecule has 0 saturated carbocycles. The third-order valence-corrected chi connectivity index (χ3v) is 5.06. The molecule has 0 bridgehead atoms. The number of esters is 1. The van der Waals surface area contributed by atoms with Gasteiger partial charge < -0.3 is 4.74 Å². The Labute approximate surface area is 155 Å². The van der Waals surface area contributed by atoms with Gasteiger partial charge >= 0.3 is 5.97 Å². The number of carbonyl (C=O) groups excluding carboxylic acids is 1. The Bertz CT molecular complexity index is 1070. The van der Waals surface area contributed by atoms with Gasteiger partial charge in [-0.05, 0) is 47.4 Å². The van der Waals surface area contributed by atoms with Gasteiger partial charge in [-0.15, -0.1) is 0 Å². The molecule has 0 N–H and O–H groups in total. The Balaban J connectivity index is 1.70. The zero-order chi connectivity index (χ0) is 17.9. The number of rotatable bonds is 5. The van der Waals surface area contributed by atoms with Crippen LogP contribution in [0, 0.1) is 0 Å². The highest BCUT2D eigenvalue weighted by atomic mass is 32.1. The summed E-state index contributed by atoms with van der Waals surface area (Å²) < 4.78 is 13.9. The van der Waals surface area contributed by atoms with Gasteiger partial charge in [0.25, 0.3) is 0 Å². The molecule has 26 heavy (non-hydrogen) atoms. The van der Waals surface area contributed by atoms with Gasteiger partial charge in [0.15, 0.2) is 0 Å². The maximum Gasteiger partial charge on any atom is 0.313 e. The highest BCUT2D eigenvalue weighted by Crippen LogP contribution is 2.27. The Kier molecular flexibility index (Phi) is 4.63. The summed E-state index contributed by atoms with van der Waals surface area (Å²) in [6.45, 7) is 2.20. The number of fused-ring (bicyclic) bond motifs is 2. The number of hydrogen-bond acceptors (Lipinski definition) is 5. The summed E-state index contributed by atoms with van der Waals surface area (Å²) in [6, 6.07) is 20.4. The normalized spacial score (nSPS) is 12.3. The van der Waals surface area contributed by atoms with E-state index in [1.165, 1.54) is 22.5 Å². The molecule has 4 rings (SSSR count). The van der Waals surface area contributed by atoms with E-state index in [9.17, 15) is 4.79 Å². The van der Waals surface area contributed by atoms with E-state index in [4.69, 9.17) is 4.74 Å². The van der Waals surface area contributed by atoms with E-state index in [1.54, 1.807) is 0 Å². The summed E-state index contributed by atoms with van der Waals surface area (Å²) in [5, 5.41) is 2.37. The van der Waals surface area contributed by atoms with Crippen LogP contribution in [0.1, 0.15) is 24.0 Å². The number of nitrogens with zero attached hydrogens (tertiary/aromatic N) is 2. The lowest BCUT2D eigenvalue weighted by Gasteiger charge is -2.16. The number of benzene rings is 3. The third kappa shape index (κ3) is 3.30. The van der Waals surface area contributed by atoms with Crippen molar-refractivity contribution in [2.24, 2.45) is 0 Å². The molecular weight excluding hydrogens is 344 g/mol. The molecule has 0 fully saturated rings. The first kappa shape index (κ1) is 16.7. The number of hydrogen-bond donors (Lipinski definition) is 0. The second kappa shape index (κ2) is 7.22. The summed E-state index contributed by atoms with van der Waals surface area (Å²) >= 11 is 1.18. The fraction of sp³-hybridized carbons (Fsp3) is 0.190. The SMILES string of the molecule is CCOC(=O)C(Cc1ccc2ccccc2c1)c1ccc2nsnc2c1. The fourth-order valence-electron chi connectivity index (χ4n) is 3.20. The predicted molar refractivity (Wildman–Crippen MR) is 104 cm³/mol. The molecule has 0 spiro atoms. The molecule has 1 atom stereocenters. The van der Waals surface area contributed by atoms with Crippen molar-refractivity contribution in [2.45, 2.75) is 19.3 Å². The first-order chi connectivity index (χ1) is 12.7. The standard InChI is InChI=1S/C21H18N2O2S/c1-2-25-21(24)18(17-9-10-19-20(13-17)23-26-22-19)12-14-7-8-15-5-3-4-6-16(15)11-14/h3-11,13,18H,2,12H2,1H3. The molecule has 0 saturated heterocycles. The van der Waals surface area contributed by atoms with Crippen molar-refractivity contribution in [3.8, 4) is 0 Å². The van der Waals surface area contributed by atoms with Crippen LogP contribution in [0.5, 0.6) is 0 Å². The van der Waals surface area contributed by atoms with Crippen molar-refractivity contribution in [1.29, 1.82) is 0 Å². The maximum absolute atomic E-state index is 12.6. The Morgan fingerprint density at radius 1 is 1.00 bits per heavy atom. The summed E-state index contributed by atoms with van der Waals surface area (Å²) in [5.74, 6) is -0.564. The molecule has 1 heterocycles. The largest absolute Gasteiger partial charge is 0.466 e. The third-order valence-electron chi connectivity index (χ3n) is 4.51. The molecule has 1 aromatic heterocycles. The summed E-state index contributed by atoms with van der Waals surface area (Å²) in [5.41, 5.74) is 3.70. The highest BCUT2D eigenvalue weighted by molar-refractivity contribution is 7.00. The zero-order valence-corrected chi connectivity index (χ0v) is 15.2. The quantitative estimate of drug-likeness (QED) is 0.482. The van der Waals surface area contributed by atoms with E-state index in [1.807, 2.05) is 37.3 Å². The van der Waals surface area contributed by atoms with Crippen molar-refractivity contribution in [2.75, 3.05) is 6.61 Å². The topological polar surface area (TPSA) is 52.1 Å². The molecule has 5 heteroatoms. The van der Waals surface area contributed by atoms with Gasteiger partial charge in [-0.2, -0.15) is 8.75 Å². The lowest BCUT2D eigenvalue weighted by molar-refractivity contribution is -0.144. The minimum absolute atomic E-state index is 0.205. The van der Waals surface area contributed by atoms with E-state index >= 15 is 0 Å². The average molecular weight is 362 g/mol. The Morgan fingerprint density at radius 2 is 1.81 bits per heavy atom. The molecule has 3 aromatic carbocycles. The van der Waals surface area contributed by atoms with Gasteiger partial charge in [0.1, 0.15) is 11.0 Å². The average Bonchev–Trinajstić information content (AvgIpc) is 3.14. The van der Waals surface area contributed by atoms with Crippen LogP contribution in [-0.4, -0.2) is 21.3 Å². The van der Waals surface area contributed by atoms with Crippen molar-refractivity contribution in [1.82, 2.24) is 8.75 Å². The van der Waals surface area contributed by atoms with Crippen LogP contribution in [0.3, 0.4) is 0 Å². The second-order valence-corrected chi connectivity index (χ2v) is 6.73. The smallest absolute Gasteiger partial charge is 0.313 e. The predicted octanol–water partition coefficient (Wildman–Crippen LogP) is 4.73. The molecule has 0 aliphatic heterocycles. The first-order valence-electron chi connectivity index (χ1n) is 8.61. The number of ether oxygens (including phenoxy) is 1. The van der Waals surface area contributed by atoms with Crippen LogP contribution in [0.4, 0.5) is 0 Å². The summed E-state index contributed by atoms with van der Waals surface area (Å²) in [6.07, 6.45) is 0.590. The molecule has 0 aliphatic carbocycles. The van der Waals surface area contributed by atoms with Crippen LogP contribution in [0.15, 0.2) is 60.7 Å². The van der Waals surface area contributed by atoms with Crippen molar-refractivity contribution in [3.05, 3.63) is 71.8 Å². The van der Waals surface area contributed by atoms with Gasteiger partial charge in [-0.25, -0.2) is 0 Å². The second-order valence-electron chi connectivity index (χ2n) is 6.20. The van der Waals surface area contributed by atoms with Crippen LogP contribution in [0.2, 0.25) is 0 Å². The van der Waals surface area contributed by atoms with E-state index in [0.717, 1.165) is 22.2 Å². The zero-order valence-electron chi connectivity index (χ0n) is 14.4. The van der Waals surface area contributed by atoms with Crippen molar-refractivity contribution in [3.63, 3.8) is 0 Å². The molecule has 0 amide bonds. The fourth-order valence-corrected chi connectivity index (χ4v) is 3.71. The van der Waals surface area contributed by atoms with Gasteiger partial charge in [0.2, 0.25) is 0 Å². The van der Waals surface area contributed by atoms with E-state index in [0.29, 0.717) is 13.0 Å². The maximum atomic E-state index is 12.6. The van der Waals surface area contributed by atoms with Gasteiger partial charge in [0.05, 0.1) is 24.3 Å². The van der Waals surface area contributed by atoms with Crippen LogP contribution in [0.25, 0.3) is 21.8 Å². The van der Waals surface area contributed by atoms with E-state index in [2.05, 4.69) is 39.1 Å². The van der Waals surface area contributed by atoms with Crippen LogP contribution >= 0.6 is 11.7 Å². The van der Waals surface area contributed by atoms with E-state index in [-0.39, 0.29) is 11.9 Å². The number of aromatic nitrogens is 2. The summed E-state index contributed by atoms with van der Waals surface area (Å²) in [4.78, 5) is 12.6. The Morgan fingerprint density at radius 3 is 2.65 bits per heavy atom. The lowest BCUT2D eigenvalue weighted by Crippen LogP contribution is -2.18. The minimum Gasteiger partial charge on any atom is -0.466 e. The number of carbonyl (C=O) groups is 1. The molecular formula is C21H18N2O2S. The molecule has 0 aliphatic rings. The molecule has 1 unspecified atom stereocenters. The molecule has 0 radical (unpaired) electrons. The van der Waals surface area contributed by atoms with Crippen molar-refractivity contribution < 1.29 is 9.53 Å². The van der Waals surface area contributed by atoms with Gasteiger partial charge in [-0.3, -0.25) is 4.79 Å². The highest BCUT2D eigenvalue weighted by Gasteiger charge is 2.23. The van der Waals surface area contributed by atoms with Crippen LogP contribution in [-0.2, 0) is 16.0 Å². The van der Waals surface area contributed by atoms with E-state index < -0.39 is 0 Å². The van der Waals surface area contributed by atoms with Crippen molar-refractivity contribution >= 4 is 39.5 Å². The monoisotopic (exact) mass is 362 g/mol. The first-order valence-corrected chi connectivity index (χ1v) is 9.34. The van der Waals surface area contributed by atoms with Crippen LogP contribution < -0.4 is 0 Å². The molecule has 130 valence electrons. The minimum atomic E-state index is -0.359.